The van der Waals surface area contributed by atoms with Crippen LogP contribution in [0, 0.1) is 12.7 Å². The lowest BCUT2D eigenvalue weighted by Crippen LogP contribution is -2.18. The Labute approximate surface area is 179 Å². The number of hydrogen-bond donors (Lipinski definition) is 1. The molecule has 1 N–H and O–H groups in total. The van der Waals surface area contributed by atoms with Crippen LogP contribution in [0.1, 0.15) is 27.0 Å². The van der Waals surface area contributed by atoms with E-state index in [0.717, 1.165) is 5.56 Å². The summed E-state index contributed by atoms with van der Waals surface area (Å²) in [6, 6.07) is 16.7. The molecule has 0 atom stereocenters. The molecule has 0 fully saturated rings. The number of aryl methyl sites for hydroxylation is 1. The summed E-state index contributed by atoms with van der Waals surface area (Å²) in [5, 5.41) is 4.32. The van der Waals surface area contributed by atoms with Crippen molar-refractivity contribution in [2.24, 2.45) is 5.10 Å². The summed E-state index contributed by atoms with van der Waals surface area (Å²) in [6.45, 7) is 1.96. The van der Waals surface area contributed by atoms with Crippen molar-refractivity contribution in [2.45, 2.75) is 13.5 Å². The molecule has 0 aliphatic rings. The van der Waals surface area contributed by atoms with Gasteiger partial charge in [-0.2, -0.15) is 5.10 Å². The van der Waals surface area contributed by atoms with E-state index in [0.29, 0.717) is 33.2 Å². The van der Waals surface area contributed by atoms with E-state index in [4.69, 9.17) is 21.1 Å². The molecule has 30 heavy (non-hydrogen) atoms. The van der Waals surface area contributed by atoms with Gasteiger partial charge in [-0.05, 0) is 54.4 Å². The Hall–Kier alpha value is -3.38. The smallest absolute Gasteiger partial charge is 0.272 e. The van der Waals surface area contributed by atoms with Gasteiger partial charge in [0.2, 0.25) is 0 Å². The van der Waals surface area contributed by atoms with Crippen LogP contribution in [-0.4, -0.2) is 19.2 Å². The molecule has 0 unspecified atom stereocenters. The SMILES string of the molecule is COc1cc(/C=N\NC(=O)c2ccc(C)cc2Cl)ccc1OCc1ccccc1F. The van der Waals surface area contributed by atoms with Gasteiger partial charge in [0.1, 0.15) is 12.4 Å². The molecule has 1 amide bonds. The maximum atomic E-state index is 13.7. The van der Waals surface area contributed by atoms with Gasteiger partial charge in [0.25, 0.3) is 5.91 Å². The molecule has 0 radical (unpaired) electrons. The second kappa shape index (κ2) is 9.89. The van der Waals surface area contributed by atoms with Gasteiger partial charge in [-0.25, -0.2) is 9.82 Å². The Balaban J connectivity index is 1.65. The third kappa shape index (κ3) is 5.36. The van der Waals surface area contributed by atoms with Crippen LogP contribution >= 0.6 is 11.6 Å². The van der Waals surface area contributed by atoms with Crippen molar-refractivity contribution in [3.05, 3.63) is 93.8 Å². The van der Waals surface area contributed by atoms with E-state index in [1.54, 1.807) is 54.6 Å². The number of benzene rings is 3. The highest BCUT2D eigenvalue weighted by molar-refractivity contribution is 6.33. The van der Waals surface area contributed by atoms with E-state index in [1.807, 2.05) is 6.92 Å². The van der Waals surface area contributed by atoms with Crippen molar-refractivity contribution in [1.29, 1.82) is 0 Å². The zero-order chi connectivity index (χ0) is 21.5. The molecular formula is C23H20ClFN2O3. The number of halogens is 2. The normalized spacial score (nSPS) is 10.8. The molecule has 154 valence electrons. The van der Waals surface area contributed by atoms with E-state index in [1.165, 1.54) is 19.4 Å². The number of rotatable bonds is 7. The summed E-state index contributed by atoms with van der Waals surface area (Å²) < 4.78 is 24.8. The first kappa shape index (κ1) is 21.3. The number of ether oxygens (including phenoxy) is 2. The van der Waals surface area contributed by atoms with E-state index in [9.17, 15) is 9.18 Å². The number of carbonyl (C=O) groups is 1. The zero-order valence-corrected chi connectivity index (χ0v) is 17.2. The molecule has 0 aliphatic heterocycles. The topological polar surface area (TPSA) is 59.9 Å². The highest BCUT2D eigenvalue weighted by atomic mass is 35.5. The fourth-order valence-electron chi connectivity index (χ4n) is 2.68. The van der Waals surface area contributed by atoms with Crippen LogP contribution < -0.4 is 14.9 Å². The minimum Gasteiger partial charge on any atom is -0.493 e. The average molecular weight is 427 g/mol. The second-order valence-electron chi connectivity index (χ2n) is 6.47. The minimum atomic E-state index is -0.409. The third-order valence-electron chi connectivity index (χ3n) is 4.28. The molecule has 0 saturated carbocycles. The van der Waals surface area contributed by atoms with Gasteiger partial charge in [-0.3, -0.25) is 4.79 Å². The van der Waals surface area contributed by atoms with Crippen LogP contribution in [0.3, 0.4) is 0 Å². The van der Waals surface area contributed by atoms with Gasteiger partial charge in [0, 0.05) is 5.56 Å². The van der Waals surface area contributed by atoms with E-state index < -0.39 is 5.91 Å². The molecule has 3 aromatic rings. The molecule has 5 nitrogen and oxygen atoms in total. The van der Waals surface area contributed by atoms with E-state index >= 15 is 0 Å². The highest BCUT2D eigenvalue weighted by Gasteiger charge is 2.10. The maximum Gasteiger partial charge on any atom is 0.272 e. The molecule has 3 rings (SSSR count). The fraction of sp³-hybridized carbons (Fsp3) is 0.130. The van der Waals surface area contributed by atoms with Gasteiger partial charge in [0.15, 0.2) is 11.5 Å². The summed E-state index contributed by atoms with van der Waals surface area (Å²) in [6.07, 6.45) is 1.48. The Bertz CT molecular complexity index is 1090. The number of nitrogens with one attached hydrogen (secondary N) is 1. The Kier molecular flexibility index (Phi) is 7.03. The molecule has 3 aromatic carbocycles. The molecule has 7 heteroatoms. The monoisotopic (exact) mass is 426 g/mol. The van der Waals surface area contributed by atoms with Gasteiger partial charge in [-0.1, -0.05) is 35.9 Å². The van der Waals surface area contributed by atoms with Gasteiger partial charge in [0.05, 0.1) is 23.9 Å². The standard InChI is InChI=1S/C23H20ClFN2O3/c1-15-7-9-18(19(24)11-15)23(28)27-26-13-16-8-10-21(22(12-16)29-2)30-14-17-5-3-4-6-20(17)25/h3-13H,14H2,1-2H3,(H,27,28)/b26-13-. The van der Waals surface area contributed by atoms with Crippen molar-refractivity contribution in [3.63, 3.8) is 0 Å². The predicted molar refractivity (Wildman–Crippen MR) is 115 cm³/mol. The Morgan fingerprint density at radius 3 is 2.67 bits per heavy atom. The first-order valence-corrected chi connectivity index (χ1v) is 9.49. The molecule has 0 aromatic heterocycles. The van der Waals surface area contributed by atoms with Crippen LogP contribution in [-0.2, 0) is 6.61 Å². The van der Waals surface area contributed by atoms with Crippen LogP contribution in [0.25, 0.3) is 0 Å². The van der Waals surface area contributed by atoms with Crippen LogP contribution in [0.15, 0.2) is 65.8 Å². The lowest BCUT2D eigenvalue weighted by atomic mass is 10.1. The van der Waals surface area contributed by atoms with Crippen molar-refractivity contribution < 1.29 is 18.7 Å². The van der Waals surface area contributed by atoms with Crippen LogP contribution in [0.2, 0.25) is 5.02 Å². The van der Waals surface area contributed by atoms with Crippen molar-refractivity contribution in [3.8, 4) is 11.5 Å². The van der Waals surface area contributed by atoms with Crippen molar-refractivity contribution in [1.82, 2.24) is 5.43 Å². The first-order valence-electron chi connectivity index (χ1n) is 9.11. The van der Waals surface area contributed by atoms with Crippen LogP contribution in [0.5, 0.6) is 11.5 Å². The molecule has 0 aliphatic carbocycles. The quantitative estimate of drug-likeness (QED) is 0.420. The number of methoxy groups -OCH3 is 1. The number of carbonyl (C=O) groups excluding carboxylic acids is 1. The summed E-state index contributed by atoms with van der Waals surface area (Å²) >= 11 is 6.09. The molecule has 0 spiro atoms. The molecule has 0 saturated heterocycles. The van der Waals surface area contributed by atoms with Crippen LogP contribution in [0.4, 0.5) is 4.39 Å². The molecule has 0 heterocycles. The second-order valence-corrected chi connectivity index (χ2v) is 6.88. The molecular weight excluding hydrogens is 407 g/mol. The average Bonchev–Trinajstić information content (AvgIpc) is 2.73. The lowest BCUT2D eigenvalue weighted by Gasteiger charge is -2.11. The fourth-order valence-corrected chi connectivity index (χ4v) is 3.01. The zero-order valence-electron chi connectivity index (χ0n) is 16.5. The van der Waals surface area contributed by atoms with E-state index in [-0.39, 0.29) is 12.4 Å². The van der Waals surface area contributed by atoms with Gasteiger partial charge in [-0.15, -0.1) is 0 Å². The maximum absolute atomic E-state index is 13.7. The van der Waals surface area contributed by atoms with E-state index in [2.05, 4.69) is 10.5 Å². The summed E-state index contributed by atoms with van der Waals surface area (Å²) in [7, 11) is 1.51. The summed E-state index contributed by atoms with van der Waals surface area (Å²) in [5.74, 6) is 0.189. The summed E-state index contributed by atoms with van der Waals surface area (Å²) in [5.41, 5.74) is 4.88. The number of nitrogens with zero attached hydrogens (tertiary/aromatic N) is 1. The van der Waals surface area contributed by atoms with Gasteiger partial charge < -0.3 is 9.47 Å². The summed E-state index contributed by atoms with van der Waals surface area (Å²) in [4.78, 5) is 12.2. The number of hydrogen-bond acceptors (Lipinski definition) is 4. The van der Waals surface area contributed by atoms with Gasteiger partial charge >= 0.3 is 0 Å². The lowest BCUT2D eigenvalue weighted by molar-refractivity contribution is 0.0955. The third-order valence-corrected chi connectivity index (χ3v) is 4.59. The Morgan fingerprint density at radius 2 is 1.93 bits per heavy atom. The minimum absolute atomic E-state index is 0.0732. The van der Waals surface area contributed by atoms with Crippen molar-refractivity contribution in [2.75, 3.05) is 7.11 Å². The first-order chi connectivity index (χ1) is 14.5. The molecule has 0 bridgehead atoms. The van der Waals surface area contributed by atoms with Crippen molar-refractivity contribution >= 4 is 23.7 Å². The predicted octanol–water partition coefficient (Wildman–Crippen LogP) is 5.14. The number of amides is 1. The highest BCUT2D eigenvalue weighted by Crippen LogP contribution is 2.28. The number of hydrazone groups is 1. The largest absolute Gasteiger partial charge is 0.493 e. The Morgan fingerprint density at radius 1 is 1.13 bits per heavy atom.